The number of para-hydroxylation sites is 1. The molecule has 0 saturated heterocycles. The molecule has 1 atom stereocenters. The summed E-state index contributed by atoms with van der Waals surface area (Å²) in [7, 11) is 0. The lowest BCUT2D eigenvalue weighted by Gasteiger charge is -2.59. The highest BCUT2D eigenvalue weighted by molar-refractivity contribution is 7.19. The molecule has 136 valence electrons. The van der Waals surface area contributed by atoms with Crippen LogP contribution in [0.3, 0.4) is 0 Å². The van der Waals surface area contributed by atoms with E-state index in [0.717, 1.165) is 33.0 Å². The Labute approximate surface area is 158 Å². The van der Waals surface area contributed by atoms with E-state index >= 15 is 0 Å². The lowest BCUT2D eigenvalue weighted by atomic mass is 9.48. The Balaban J connectivity index is 1.26. The minimum absolute atomic E-state index is 0.0208. The molecule has 2 aromatic rings. The maximum Gasteiger partial charge on any atom is 0.244 e. The molecule has 4 saturated carbocycles. The Morgan fingerprint density at radius 2 is 1.85 bits per heavy atom. The molecule has 0 unspecified atom stereocenters. The molecule has 1 heterocycles. The zero-order valence-corrected chi connectivity index (χ0v) is 16.1. The van der Waals surface area contributed by atoms with E-state index in [1.807, 2.05) is 24.3 Å². The molecule has 4 heteroatoms. The Morgan fingerprint density at radius 1 is 1.19 bits per heavy atom. The van der Waals surface area contributed by atoms with E-state index in [9.17, 15) is 4.79 Å². The molecule has 4 fully saturated rings. The summed E-state index contributed by atoms with van der Waals surface area (Å²) in [6.45, 7) is 2.23. The molecule has 0 radical (unpaired) electrons. The van der Waals surface area contributed by atoms with Crippen LogP contribution in [0.5, 0.6) is 0 Å². The molecule has 3 nitrogen and oxygen atoms in total. The first kappa shape index (κ1) is 16.5. The third-order valence-corrected chi connectivity index (χ3v) is 8.05. The fourth-order valence-electron chi connectivity index (χ4n) is 6.23. The Kier molecular flexibility index (Phi) is 3.93. The summed E-state index contributed by atoms with van der Waals surface area (Å²) in [5, 5.41) is 4.18. The minimum atomic E-state index is 0.0208. The van der Waals surface area contributed by atoms with Gasteiger partial charge < -0.3 is 5.32 Å². The molecule has 6 rings (SSSR count). The highest BCUT2D eigenvalue weighted by Crippen LogP contribution is 2.61. The Morgan fingerprint density at radius 3 is 2.50 bits per heavy atom. The van der Waals surface area contributed by atoms with Gasteiger partial charge in [0, 0.05) is 12.1 Å². The van der Waals surface area contributed by atoms with Crippen LogP contribution < -0.4 is 5.32 Å². The van der Waals surface area contributed by atoms with Crippen LogP contribution in [0.2, 0.25) is 0 Å². The van der Waals surface area contributed by atoms with Crippen LogP contribution in [-0.4, -0.2) is 16.9 Å². The summed E-state index contributed by atoms with van der Waals surface area (Å²) >= 11 is 1.63. The summed E-state index contributed by atoms with van der Waals surface area (Å²) in [5.74, 6) is 2.77. The molecule has 4 aliphatic carbocycles. The molecule has 4 aliphatic rings. The quantitative estimate of drug-likeness (QED) is 0.771. The van der Waals surface area contributed by atoms with Crippen LogP contribution in [0.4, 0.5) is 0 Å². The fraction of sp³-hybridized carbons (Fsp3) is 0.545. The van der Waals surface area contributed by atoms with Crippen molar-refractivity contribution in [3.63, 3.8) is 0 Å². The van der Waals surface area contributed by atoms with Crippen molar-refractivity contribution in [2.75, 3.05) is 0 Å². The lowest BCUT2D eigenvalue weighted by molar-refractivity contribution is -0.121. The van der Waals surface area contributed by atoms with Crippen molar-refractivity contribution in [1.29, 1.82) is 0 Å². The number of fused-ring (bicyclic) bond motifs is 1. The monoisotopic (exact) mass is 366 g/mol. The average Bonchev–Trinajstić information content (AvgIpc) is 3.02. The third-order valence-electron chi connectivity index (χ3n) is 7.05. The first-order valence-electron chi connectivity index (χ1n) is 9.94. The molecule has 1 aromatic heterocycles. The van der Waals surface area contributed by atoms with Crippen molar-refractivity contribution >= 4 is 33.5 Å². The number of hydrogen-bond donors (Lipinski definition) is 1. The van der Waals surface area contributed by atoms with Gasteiger partial charge in [-0.05, 0) is 86.8 Å². The predicted octanol–water partition coefficient (Wildman–Crippen LogP) is 5.03. The SMILES string of the molecule is C[C@@H](NC(=O)/C=C/c1nc2ccccc2s1)C12CC3CC(CC(C3)C1)C2. The van der Waals surface area contributed by atoms with E-state index in [1.54, 1.807) is 17.4 Å². The number of rotatable bonds is 4. The second-order valence-corrected chi connectivity index (χ2v) is 9.93. The van der Waals surface area contributed by atoms with E-state index in [0.29, 0.717) is 5.41 Å². The number of nitrogens with one attached hydrogen (secondary N) is 1. The first-order chi connectivity index (χ1) is 12.6. The number of thiazole rings is 1. The summed E-state index contributed by atoms with van der Waals surface area (Å²) in [6.07, 6.45) is 11.8. The topological polar surface area (TPSA) is 42.0 Å². The van der Waals surface area contributed by atoms with Gasteiger partial charge in [-0.3, -0.25) is 4.79 Å². The first-order valence-corrected chi connectivity index (χ1v) is 10.8. The Hall–Kier alpha value is -1.68. The number of amides is 1. The van der Waals surface area contributed by atoms with E-state index in [2.05, 4.69) is 23.3 Å². The van der Waals surface area contributed by atoms with Gasteiger partial charge in [0.05, 0.1) is 10.2 Å². The highest BCUT2D eigenvalue weighted by Gasteiger charge is 2.53. The standard InChI is InChI=1S/C22H26N2OS/c1-14(22-11-15-8-16(12-22)10-17(9-15)13-22)23-20(25)6-7-21-24-18-4-2-3-5-19(18)26-21/h2-7,14-17H,8-13H2,1H3,(H,23,25)/b7-6+/t14-,15?,16?,17?,22?/m1/s1. The van der Waals surface area contributed by atoms with Gasteiger partial charge >= 0.3 is 0 Å². The number of aromatic nitrogens is 1. The van der Waals surface area contributed by atoms with E-state index in [-0.39, 0.29) is 11.9 Å². The summed E-state index contributed by atoms with van der Waals surface area (Å²) < 4.78 is 1.16. The minimum Gasteiger partial charge on any atom is -0.350 e. The van der Waals surface area contributed by atoms with Gasteiger partial charge in [0.1, 0.15) is 5.01 Å². The van der Waals surface area contributed by atoms with E-state index in [1.165, 1.54) is 38.5 Å². The molecular formula is C22H26N2OS. The Bertz CT molecular complexity index is 800. The molecule has 1 amide bonds. The van der Waals surface area contributed by atoms with Crippen molar-refractivity contribution in [3.05, 3.63) is 35.3 Å². The van der Waals surface area contributed by atoms with Gasteiger partial charge in [-0.15, -0.1) is 11.3 Å². The van der Waals surface area contributed by atoms with Gasteiger partial charge in [-0.2, -0.15) is 0 Å². The normalized spacial score (nSPS) is 33.8. The maximum absolute atomic E-state index is 12.5. The zero-order valence-electron chi connectivity index (χ0n) is 15.3. The van der Waals surface area contributed by atoms with Crippen molar-refractivity contribution in [3.8, 4) is 0 Å². The van der Waals surface area contributed by atoms with E-state index < -0.39 is 0 Å². The van der Waals surface area contributed by atoms with Crippen LogP contribution in [0.1, 0.15) is 50.5 Å². The van der Waals surface area contributed by atoms with Crippen molar-refractivity contribution in [2.24, 2.45) is 23.2 Å². The van der Waals surface area contributed by atoms with Crippen LogP contribution in [0.15, 0.2) is 30.3 Å². The fourth-order valence-corrected chi connectivity index (χ4v) is 7.10. The maximum atomic E-state index is 12.5. The predicted molar refractivity (Wildman–Crippen MR) is 107 cm³/mol. The van der Waals surface area contributed by atoms with Crippen molar-refractivity contribution < 1.29 is 4.79 Å². The second-order valence-electron chi connectivity index (χ2n) is 8.86. The lowest BCUT2D eigenvalue weighted by Crippen LogP contribution is -2.55. The molecule has 4 bridgehead atoms. The average molecular weight is 367 g/mol. The smallest absolute Gasteiger partial charge is 0.244 e. The van der Waals surface area contributed by atoms with Crippen molar-refractivity contribution in [2.45, 2.75) is 51.5 Å². The van der Waals surface area contributed by atoms with Gasteiger partial charge in [0.25, 0.3) is 0 Å². The van der Waals surface area contributed by atoms with Crippen LogP contribution in [0, 0.1) is 23.2 Å². The van der Waals surface area contributed by atoms with E-state index in [4.69, 9.17) is 0 Å². The molecule has 1 aromatic carbocycles. The zero-order chi connectivity index (χ0) is 17.7. The number of nitrogens with zero attached hydrogens (tertiary/aromatic N) is 1. The summed E-state index contributed by atoms with van der Waals surface area (Å²) in [4.78, 5) is 17.1. The number of benzene rings is 1. The van der Waals surface area contributed by atoms with Gasteiger partial charge in [0.15, 0.2) is 0 Å². The number of carbonyl (C=O) groups excluding carboxylic acids is 1. The van der Waals surface area contributed by atoms with Gasteiger partial charge in [-0.25, -0.2) is 4.98 Å². The number of hydrogen-bond acceptors (Lipinski definition) is 3. The summed E-state index contributed by atoms with van der Waals surface area (Å²) in [5.41, 5.74) is 1.35. The molecule has 26 heavy (non-hydrogen) atoms. The van der Waals surface area contributed by atoms with Crippen LogP contribution in [-0.2, 0) is 4.79 Å². The summed E-state index contributed by atoms with van der Waals surface area (Å²) in [6, 6.07) is 8.37. The third kappa shape index (κ3) is 2.88. The molecule has 0 aliphatic heterocycles. The molecule has 0 spiro atoms. The van der Waals surface area contributed by atoms with Gasteiger partial charge in [-0.1, -0.05) is 12.1 Å². The van der Waals surface area contributed by atoms with Crippen LogP contribution in [0.25, 0.3) is 16.3 Å². The molecule has 1 N–H and O–H groups in total. The second kappa shape index (κ2) is 6.19. The largest absolute Gasteiger partial charge is 0.350 e. The van der Waals surface area contributed by atoms with Crippen LogP contribution >= 0.6 is 11.3 Å². The molecular weight excluding hydrogens is 340 g/mol. The van der Waals surface area contributed by atoms with Gasteiger partial charge in [0.2, 0.25) is 5.91 Å². The highest BCUT2D eigenvalue weighted by atomic mass is 32.1. The van der Waals surface area contributed by atoms with Crippen molar-refractivity contribution in [1.82, 2.24) is 10.3 Å². The number of carbonyl (C=O) groups is 1.